The van der Waals surface area contributed by atoms with E-state index in [1.165, 1.54) is 16.7 Å². The molecule has 0 radical (unpaired) electrons. The van der Waals surface area contributed by atoms with Crippen LogP contribution in [0.25, 0.3) is 10.9 Å². The van der Waals surface area contributed by atoms with Gasteiger partial charge in [-0.1, -0.05) is 0 Å². The molecule has 0 fully saturated rings. The zero-order valence-corrected chi connectivity index (χ0v) is 19.7. The molecule has 0 spiro atoms. The molecule has 1 amide bonds. The fourth-order valence-electron chi connectivity index (χ4n) is 3.83. The van der Waals surface area contributed by atoms with Crippen molar-refractivity contribution in [2.24, 2.45) is 5.18 Å². The summed E-state index contributed by atoms with van der Waals surface area (Å²) in [6.07, 6.45) is 3.28. The fourth-order valence-corrected chi connectivity index (χ4v) is 5.17. The molecule has 4 aromatic rings. The number of nitrogens with zero attached hydrogens (tertiary/aromatic N) is 3. The number of fused-ring (bicyclic) bond motifs is 2. The Morgan fingerprint density at radius 1 is 1.24 bits per heavy atom. The molecule has 11 heteroatoms. The summed E-state index contributed by atoms with van der Waals surface area (Å²) in [5.74, 6) is -0.672. The number of aromatic nitrogens is 2. The zero-order valence-electron chi connectivity index (χ0n) is 17.5. The van der Waals surface area contributed by atoms with Crippen LogP contribution < -0.4 is 30.4 Å². The van der Waals surface area contributed by atoms with E-state index in [4.69, 9.17) is 6.13 Å². The first kappa shape index (κ1) is 22.2. The summed E-state index contributed by atoms with van der Waals surface area (Å²) in [5.41, 5.74) is 2.52. The molecule has 9 nitrogen and oxygen atoms in total. The zero-order chi connectivity index (χ0) is 23.7. The first-order valence-corrected chi connectivity index (χ1v) is 11.9. The second-order valence-electron chi connectivity index (χ2n) is 7.57. The molecule has 0 aliphatic carbocycles. The van der Waals surface area contributed by atoms with Gasteiger partial charge in [0.05, 0.1) is 0 Å². The van der Waals surface area contributed by atoms with Crippen LogP contribution in [-0.4, -0.2) is 20.6 Å². The van der Waals surface area contributed by atoms with Crippen LogP contribution in [-0.2, 0) is 22.8 Å². The van der Waals surface area contributed by atoms with Crippen molar-refractivity contribution in [1.82, 2.24) is 14.9 Å². The van der Waals surface area contributed by atoms with Gasteiger partial charge in [-0.25, -0.2) is 0 Å². The third-order valence-corrected chi connectivity index (χ3v) is 6.65. The van der Waals surface area contributed by atoms with E-state index in [9.17, 15) is 19.2 Å². The van der Waals surface area contributed by atoms with Crippen LogP contribution in [0.3, 0.4) is 0 Å². The van der Waals surface area contributed by atoms with E-state index in [-0.39, 0.29) is 30.6 Å². The van der Waals surface area contributed by atoms with Gasteiger partial charge in [0.2, 0.25) is 0 Å². The number of nitroso groups, excluding NO2 is 1. The van der Waals surface area contributed by atoms with Gasteiger partial charge in [-0.05, 0) is 12.1 Å². The van der Waals surface area contributed by atoms with Gasteiger partial charge in [-0.2, -0.15) is 0 Å². The van der Waals surface area contributed by atoms with Crippen molar-refractivity contribution in [3.8, 4) is 11.6 Å². The predicted octanol–water partition coefficient (Wildman–Crippen LogP) is 1.09. The van der Waals surface area contributed by atoms with Gasteiger partial charge in [0.1, 0.15) is 0 Å². The maximum absolute atomic E-state index is 14.2. The Labute approximate surface area is 203 Å². The van der Waals surface area contributed by atoms with Crippen LogP contribution in [0.2, 0.25) is 0 Å². The Balaban J connectivity index is 1.52. The second-order valence-corrected chi connectivity index (χ2v) is 8.99. The molecule has 0 saturated carbocycles. The van der Waals surface area contributed by atoms with Gasteiger partial charge in [-0.15, -0.1) is 0 Å². The summed E-state index contributed by atoms with van der Waals surface area (Å²) in [6.45, 7) is 0.559. The minimum absolute atomic E-state index is 0.00375. The first-order chi connectivity index (χ1) is 16.5. The summed E-state index contributed by atoms with van der Waals surface area (Å²) < 4.78 is 26.7. The number of amides is 1. The molecule has 0 atom stereocenters. The molecular weight excluding hydrogens is 558 g/mol. The number of hydrogen-bond acceptors (Lipinski definition) is 7. The van der Waals surface area contributed by atoms with E-state index in [1.54, 1.807) is 42.7 Å². The summed E-state index contributed by atoms with van der Waals surface area (Å²) in [6, 6.07) is 10.9. The van der Waals surface area contributed by atoms with Crippen LogP contribution in [0.4, 0.5) is 10.1 Å². The van der Waals surface area contributed by atoms with E-state index in [0.29, 0.717) is 39.9 Å². The number of rotatable bonds is 6. The van der Waals surface area contributed by atoms with Crippen LogP contribution >= 0.6 is 0 Å². The summed E-state index contributed by atoms with van der Waals surface area (Å²) in [5, 5.41) is 16.9. The minimum atomic E-state index is -0.976. The molecule has 0 bridgehead atoms. The molecule has 2 aromatic carbocycles. The van der Waals surface area contributed by atoms with Crippen LogP contribution in [0.15, 0.2) is 60.0 Å². The first-order valence-electron chi connectivity index (χ1n) is 10.2. The normalized spacial score (nSPS) is 13.0. The molecule has 5 rings (SSSR count). The number of carbonyl (C=O) groups excluding carboxylic acids is 1. The van der Waals surface area contributed by atoms with Crippen molar-refractivity contribution in [3.63, 3.8) is 0 Å². The van der Waals surface area contributed by atoms with Crippen molar-refractivity contribution in [2.45, 2.75) is 19.7 Å². The van der Waals surface area contributed by atoms with E-state index in [0.717, 1.165) is 5.56 Å². The Kier molecular flexibility index (Phi) is 6.11. The summed E-state index contributed by atoms with van der Waals surface area (Å²) in [7, 11) is 0. The molecule has 0 unspecified atom stereocenters. The number of pyridine rings is 1. The molecule has 34 heavy (non-hydrogen) atoms. The number of benzene rings is 2. The van der Waals surface area contributed by atoms with E-state index in [2.05, 4.69) is 15.5 Å². The van der Waals surface area contributed by atoms with Crippen molar-refractivity contribution in [2.75, 3.05) is 0 Å². The van der Waals surface area contributed by atoms with Gasteiger partial charge < -0.3 is 0 Å². The van der Waals surface area contributed by atoms with Gasteiger partial charge in [0, 0.05) is 12.4 Å². The van der Waals surface area contributed by atoms with E-state index >= 15 is 0 Å². The van der Waals surface area contributed by atoms with Crippen molar-refractivity contribution in [3.05, 3.63) is 87.8 Å². The summed E-state index contributed by atoms with van der Waals surface area (Å²) in [4.78, 5) is 28.2. The third kappa shape index (κ3) is 4.19. The monoisotopic (exact) mass is 575 g/mol. The second kappa shape index (κ2) is 9.35. The summed E-state index contributed by atoms with van der Waals surface area (Å²) >= 11 is -0.976. The fraction of sp³-hybridized carbons (Fsp3) is 0.130. The topological polar surface area (TPSA) is 115 Å². The molecule has 174 valence electrons. The average Bonchev–Trinajstić information content (AvgIpc) is 3.12. The van der Waals surface area contributed by atoms with Gasteiger partial charge in [-0.3, -0.25) is 4.98 Å². The molecule has 0 saturated heterocycles. The SMILES string of the molecule is O=Nc1c(O)n(Cc2cc(F)cc3c2O[I-]OC3)c2cc(C(=O)NCc3ccncc3)ccc12. The third-order valence-electron chi connectivity index (χ3n) is 5.47. The Hall–Kier alpha value is -3.58. The van der Waals surface area contributed by atoms with E-state index < -0.39 is 27.9 Å². The maximum atomic E-state index is 14.2. The Morgan fingerprint density at radius 2 is 2.06 bits per heavy atom. The Bertz CT molecular complexity index is 1410. The predicted molar refractivity (Wildman–Crippen MR) is 115 cm³/mol. The van der Waals surface area contributed by atoms with E-state index in [1.807, 2.05) is 0 Å². The molecule has 1 aliphatic rings. The standard InChI is InChI=1S/C23H17FIN4O5/c24-17-7-15(21-16(8-17)12-33-25-34-21)11-29-19-9-14(1-2-18(19)20(28-32)23(29)31)22(30)27-10-13-3-5-26-6-4-13/h1-9,31H,10-12H2,(H,27,30)/q-1. The van der Waals surface area contributed by atoms with Gasteiger partial charge in [0.15, 0.2) is 0 Å². The quantitative estimate of drug-likeness (QED) is 0.263. The Morgan fingerprint density at radius 3 is 2.85 bits per heavy atom. The van der Waals surface area contributed by atoms with Gasteiger partial charge in [0.25, 0.3) is 0 Å². The van der Waals surface area contributed by atoms with Crippen molar-refractivity contribution in [1.29, 1.82) is 0 Å². The van der Waals surface area contributed by atoms with Crippen LogP contribution in [0, 0.1) is 10.7 Å². The molecule has 1 aliphatic heterocycles. The number of nitrogens with one attached hydrogen (secondary N) is 1. The molecular formula is C23H17FIN4O5-. The number of hydrogen-bond donors (Lipinski definition) is 2. The van der Waals surface area contributed by atoms with Crippen molar-refractivity contribution < 1.29 is 42.5 Å². The van der Waals surface area contributed by atoms with Crippen LogP contribution in [0.5, 0.6) is 11.6 Å². The van der Waals surface area contributed by atoms with Crippen molar-refractivity contribution >= 4 is 22.5 Å². The molecule has 2 aromatic heterocycles. The number of halogens is 2. The average molecular weight is 575 g/mol. The molecule has 3 heterocycles. The number of aromatic hydroxyl groups is 1. The number of carbonyl (C=O) groups is 1. The van der Waals surface area contributed by atoms with Crippen LogP contribution in [0.1, 0.15) is 27.0 Å². The molecule has 2 N–H and O–H groups in total. The van der Waals surface area contributed by atoms with Gasteiger partial charge >= 0.3 is 175 Å².